The summed E-state index contributed by atoms with van der Waals surface area (Å²) in [6, 6.07) is 0. The molecule has 0 radical (unpaired) electrons. The smallest absolute Gasteiger partial charge is 0.118 e. The fourth-order valence-corrected chi connectivity index (χ4v) is 4.71. The molecule has 3 aliphatic rings. The molecule has 0 spiro atoms. The van der Waals surface area contributed by atoms with Crippen LogP contribution in [0.2, 0.25) is 0 Å². The van der Waals surface area contributed by atoms with E-state index in [1.54, 1.807) is 0 Å². The van der Waals surface area contributed by atoms with Crippen molar-refractivity contribution < 1.29 is 28.5 Å². The second kappa shape index (κ2) is 4.52. The van der Waals surface area contributed by atoms with E-state index < -0.39 is 0 Å². The summed E-state index contributed by atoms with van der Waals surface area (Å²) in [5.74, 6) is 0.932. The van der Waals surface area contributed by atoms with Gasteiger partial charge in [-0.25, -0.2) is 0 Å². The first-order chi connectivity index (χ1) is 7.55. The Morgan fingerprint density at radius 1 is 1.24 bits per heavy atom. The molecule has 3 atom stereocenters. The van der Waals surface area contributed by atoms with Gasteiger partial charge >= 0.3 is 0 Å². The van der Waals surface area contributed by atoms with Crippen molar-refractivity contribution in [2.45, 2.75) is 57.9 Å². The van der Waals surface area contributed by atoms with Crippen LogP contribution in [0.1, 0.15) is 52.4 Å². The summed E-state index contributed by atoms with van der Waals surface area (Å²) in [5.41, 5.74) is 4.25. The van der Waals surface area contributed by atoms with Gasteiger partial charge in [0.15, 0.2) is 0 Å². The summed E-state index contributed by atoms with van der Waals surface area (Å²) in [6.45, 7) is 7.83. The molecule has 17 heavy (non-hydrogen) atoms. The van der Waals surface area contributed by atoms with Gasteiger partial charge in [-0.2, -0.15) is 0 Å². The SMILES string of the molecule is CC1CC[C@]2(C)C3=C(CCC3)CC[N+]2(C)C1.[I-]. The summed E-state index contributed by atoms with van der Waals surface area (Å²) >= 11 is 0. The number of nitrogens with zero attached hydrogens (tertiary/aromatic N) is 1. The summed E-state index contributed by atoms with van der Waals surface area (Å²) in [5, 5.41) is 0. The van der Waals surface area contributed by atoms with Crippen molar-refractivity contribution in [3.63, 3.8) is 0 Å². The fourth-order valence-electron chi connectivity index (χ4n) is 4.71. The zero-order valence-electron chi connectivity index (χ0n) is 11.6. The molecule has 0 amide bonds. The third kappa shape index (κ3) is 1.90. The van der Waals surface area contributed by atoms with Gasteiger partial charge in [0.2, 0.25) is 0 Å². The zero-order chi connectivity index (χ0) is 11.4. The molecule has 1 saturated heterocycles. The second-order valence-electron chi connectivity index (χ2n) is 6.91. The number of hydrogen-bond acceptors (Lipinski definition) is 0. The van der Waals surface area contributed by atoms with E-state index in [1.165, 1.54) is 56.1 Å². The molecule has 0 saturated carbocycles. The van der Waals surface area contributed by atoms with Crippen LogP contribution >= 0.6 is 0 Å². The van der Waals surface area contributed by atoms with Gasteiger partial charge < -0.3 is 28.5 Å². The molecule has 0 N–H and O–H groups in total. The molecule has 1 nitrogen and oxygen atoms in total. The highest BCUT2D eigenvalue weighted by Crippen LogP contribution is 2.50. The Kier molecular flexibility index (Phi) is 3.68. The van der Waals surface area contributed by atoms with Crippen LogP contribution in [-0.2, 0) is 0 Å². The van der Waals surface area contributed by atoms with Gasteiger partial charge in [0.05, 0.1) is 20.1 Å². The highest BCUT2D eigenvalue weighted by atomic mass is 127. The van der Waals surface area contributed by atoms with Crippen LogP contribution in [0, 0.1) is 5.92 Å². The van der Waals surface area contributed by atoms with E-state index >= 15 is 0 Å². The number of likely N-dealkylation sites (N-methyl/N-ethyl adjacent to an activating group) is 1. The number of fused-ring (bicyclic) bond motifs is 2. The van der Waals surface area contributed by atoms with Crippen LogP contribution in [-0.4, -0.2) is 30.2 Å². The average molecular weight is 347 g/mol. The Balaban J connectivity index is 0.00000108. The Hall–Kier alpha value is 0.430. The quantitative estimate of drug-likeness (QED) is 0.340. The normalized spacial score (nSPS) is 45.0. The third-order valence-electron chi connectivity index (χ3n) is 5.92. The minimum atomic E-state index is 0. The highest BCUT2D eigenvalue weighted by Gasteiger charge is 2.53. The molecular formula is C15H26IN. The van der Waals surface area contributed by atoms with Gasteiger partial charge in [-0.3, -0.25) is 0 Å². The van der Waals surface area contributed by atoms with Crippen LogP contribution in [0.4, 0.5) is 0 Å². The van der Waals surface area contributed by atoms with Crippen molar-refractivity contribution in [3.8, 4) is 0 Å². The first kappa shape index (κ1) is 13.9. The number of quaternary nitrogens is 1. The second-order valence-corrected chi connectivity index (χ2v) is 6.91. The molecule has 98 valence electrons. The predicted octanol–water partition coefficient (Wildman–Crippen LogP) is 0.510. The van der Waals surface area contributed by atoms with Crippen LogP contribution in [0.15, 0.2) is 11.1 Å². The van der Waals surface area contributed by atoms with Gasteiger partial charge in [-0.05, 0) is 38.2 Å². The average Bonchev–Trinajstić information content (AvgIpc) is 2.70. The van der Waals surface area contributed by atoms with Crippen molar-refractivity contribution in [3.05, 3.63) is 11.1 Å². The minimum Gasteiger partial charge on any atom is -1.00 e. The lowest BCUT2D eigenvalue weighted by molar-refractivity contribution is -0.961. The number of rotatable bonds is 0. The molecule has 3 rings (SSSR count). The van der Waals surface area contributed by atoms with Crippen molar-refractivity contribution in [2.24, 2.45) is 5.92 Å². The molecule has 1 aliphatic carbocycles. The Labute approximate surface area is 123 Å². The monoisotopic (exact) mass is 347 g/mol. The third-order valence-corrected chi connectivity index (χ3v) is 5.92. The molecular weight excluding hydrogens is 321 g/mol. The van der Waals surface area contributed by atoms with Crippen molar-refractivity contribution in [1.29, 1.82) is 0 Å². The lowest BCUT2D eigenvalue weighted by Gasteiger charge is -2.57. The van der Waals surface area contributed by atoms with Crippen molar-refractivity contribution >= 4 is 0 Å². The summed E-state index contributed by atoms with van der Waals surface area (Å²) in [6.07, 6.45) is 8.54. The van der Waals surface area contributed by atoms with E-state index in [4.69, 9.17) is 0 Å². The van der Waals surface area contributed by atoms with Crippen LogP contribution in [0.3, 0.4) is 0 Å². The first-order valence-electron chi connectivity index (χ1n) is 7.11. The molecule has 2 heteroatoms. The molecule has 0 bridgehead atoms. The summed E-state index contributed by atoms with van der Waals surface area (Å²) in [7, 11) is 2.53. The van der Waals surface area contributed by atoms with E-state index in [2.05, 4.69) is 20.9 Å². The van der Waals surface area contributed by atoms with Crippen molar-refractivity contribution in [1.82, 2.24) is 0 Å². The highest BCUT2D eigenvalue weighted by molar-refractivity contribution is 5.30. The van der Waals surface area contributed by atoms with E-state index in [-0.39, 0.29) is 24.0 Å². The zero-order valence-corrected chi connectivity index (χ0v) is 13.7. The maximum atomic E-state index is 2.57. The molecule has 0 aromatic carbocycles. The number of hydrogen-bond donors (Lipinski definition) is 0. The largest absolute Gasteiger partial charge is 1.00 e. The first-order valence-corrected chi connectivity index (χ1v) is 7.11. The van der Waals surface area contributed by atoms with E-state index in [1.807, 2.05) is 11.1 Å². The molecule has 1 fully saturated rings. The molecule has 0 aromatic heterocycles. The van der Waals surface area contributed by atoms with E-state index in [0.29, 0.717) is 5.54 Å². The standard InChI is InChI=1S/C15H26N.HI/c1-12-7-9-15(2)14-6-4-5-13(14)8-10-16(15,3)11-12;/h12H,4-11H2,1-3H3;1H/q+1;/p-1/t12?,15-,16?;/m1./s1. The Morgan fingerprint density at radius 3 is 2.76 bits per heavy atom. The van der Waals surface area contributed by atoms with Crippen LogP contribution in [0.25, 0.3) is 0 Å². The minimum absolute atomic E-state index is 0. The Morgan fingerprint density at radius 2 is 2.00 bits per heavy atom. The lowest BCUT2D eigenvalue weighted by Crippen LogP contribution is -3.00. The van der Waals surface area contributed by atoms with Crippen molar-refractivity contribution in [2.75, 3.05) is 20.1 Å². The van der Waals surface area contributed by atoms with Gasteiger partial charge in [0.1, 0.15) is 5.54 Å². The van der Waals surface area contributed by atoms with Crippen LogP contribution in [0.5, 0.6) is 0 Å². The van der Waals surface area contributed by atoms with Gasteiger partial charge in [0, 0.05) is 18.8 Å². The number of halogens is 1. The van der Waals surface area contributed by atoms with E-state index in [9.17, 15) is 0 Å². The summed E-state index contributed by atoms with van der Waals surface area (Å²) in [4.78, 5) is 0. The van der Waals surface area contributed by atoms with E-state index in [0.717, 1.165) is 5.92 Å². The molecule has 0 aromatic rings. The predicted molar refractivity (Wildman–Crippen MR) is 68.2 cm³/mol. The molecule has 2 heterocycles. The Bertz CT molecular complexity index is 349. The fraction of sp³-hybridized carbons (Fsp3) is 0.867. The van der Waals surface area contributed by atoms with Crippen LogP contribution < -0.4 is 24.0 Å². The molecule has 2 aliphatic heterocycles. The maximum Gasteiger partial charge on any atom is 0.118 e. The summed E-state index contributed by atoms with van der Waals surface area (Å²) < 4.78 is 1.34. The topological polar surface area (TPSA) is 0 Å². The van der Waals surface area contributed by atoms with Gasteiger partial charge in [-0.15, -0.1) is 0 Å². The number of piperidine rings is 1. The maximum absolute atomic E-state index is 2.57. The van der Waals surface area contributed by atoms with Gasteiger partial charge in [-0.1, -0.05) is 12.5 Å². The van der Waals surface area contributed by atoms with Gasteiger partial charge in [0.25, 0.3) is 0 Å². The molecule has 2 unspecified atom stereocenters. The lowest BCUT2D eigenvalue weighted by atomic mass is 9.72.